The number of benzene rings is 1. The molecule has 17 heavy (non-hydrogen) atoms. The van der Waals surface area contributed by atoms with Crippen molar-refractivity contribution in [3.05, 3.63) is 34.9 Å². The highest BCUT2D eigenvalue weighted by Gasteiger charge is 2.11. The zero-order valence-corrected chi connectivity index (χ0v) is 10.3. The summed E-state index contributed by atoms with van der Waals surface area (Å²) in [5.74, 6) is -1.00. The molecule has 3 N–H and O–H groups in total. The molecular weight excluding hydrogens is 242 g/mol. The third-order valence-electron chi connectivity index (χ3n) is 2.44. The SMILES string of the molecule is C[C@H](NCC(O)CC(=O)O)c1ccc(Cl)cc1. The molecular formula is C12H16ClNO3. The van der Waals surface area contributed by atoms with E-state index in [1.807, 2.05) is 19.1 Å². The Morgan fingerprint density at radius 3 is 2.53 bits per heavy atom. The van der Waals surface area contributed by atoms with Crippen molar-refractivity contribution in [3.63, 3.8) is 0 Å². The Balaban J connectivity index is 2.41. The third kappa shape index (κ3) is 5.17. The van der Waals surface area contributed by atoms with Gasteiger partial charge in [-0.2, -0.15) is 0 Å². The molecule has 1 unspecified atom stereocenters. The standard InChI is InChI=1S/C12H16ClNO3/c1-8(9-2-4-10(13)5-3-9)14-7-11(15)6-12(16)17/h2-5,8,11,14-15H,6-7H2,1H3,(H,16,17)/t8-,11?/m0/s1. The molecule has 0 fully saturated rings. The lowest BCUT2D eigenvalue weighted by molar-refractivity contribution is -0.139. The topological polar surface area (TPSA) is 69.6 Å². The van der Waals surface area contributed by atoms with E-state index in [0.29, 0.717) is 5.02 Å². The number of hydrogen-bond acceptors (Lipinski definition) is 3. The van der Waals surface area contributed by atoms with Crippen LogP contribution in [0.15, 0.2) is 24.3 Å². The van der Waals surface area contributed by atoms with E-state index in [1.165, 1.54) is 0 Å². The third-order valence-corrected chi connectivity index (χ3v) is 2.69. The van der Waals surface area contributed by atoms with Crippen molar-refractivity contribution in [2.24, 2.45) is 0 Å². The summed E-state index contributed by atoms with van der Waals surface area (Å²) in [6, 6.07) is 7.41. The van der Waals surface area contributed by atoms with Crippen LogP contribution in [0, 0.1) is 0 Å². The Labute approximate surface area is 105 Å². The molecule has 1 aromatic carbocycles. The minimum Gasteiger partial charge on any atom is -0.481 e. The second kappa shape index (κ2) is 6.59. The summed E-state index contributed by atoms with van der Waals surface area (Å²) < 4.78 is 0. The fraction of sp³-hybridized carbons (Fsp3) is 0.417. The van der Waals surface area contributed by atoms with Crippen LogP contribution in [-0.2, 0) is 4.79 Å². The van der Waals surface area contributed by atoms with E-state index in [1.54, 1.807) is 12.1 Å². The smallest absolute Gasteiger partial charge is 0.306 e. The summed E-state index contributed by atoms with van der Waals surface area (Å²) >= 11 is 5.78. The molecule has 0 aromatic heterocycles. The number of aliphatic carboxylic acids is 1. The molecule has 1 rings (SSSR count). The van der Waals surface area contributed by atoms with Crippen LogP contribution in [-0.4, -0.2) is 28.8 Å². The summed E-state index contributed by atoms with van der Waals surface area (Å²) in [5, 5.41) is 21.6. The van der Waals surface area contributed by atoms with Crippen LogP contribution < -0.4 is 5.32 Å². The van der Waals surface area contributed by atoms with Gasteiger partial charge in [-0.3, -0.25) is 4.79 Å². The van der Waals surface area contributed by atoms with Crippen molar-refractivity contribution in [2.45, 2.75) is 25.5 Å². The molecule has 0 heterocycles. The molecule has 0 bridgehead atoms. The first-order chi connectivity index (χ1) is 7.99. The quantitative estimate of drug-likeness (QED) is 0.727. The van der Waals surface area contributed by atoms with Gasteiger partial charge in [-0.15, -0.1) is 0 Å². The number of aliphatic hydroxyl groups is 1. The molecule has 0 amide bonds. The summed E-state index contributed by atoms with van der Waals surface area (Å²) in [4.78, 5) is 10.4. The number of carbonyl (C=O) groups is 1. The van der Waals surface area contributed by atoms with Crippen LogP contribution in [0.1, 0.15) is 24.9 Å². The Morgan fingerprint density at radius 2 is 2.00 bits per heavy atom. The van der Waals surface area contributed by atoms with Gasteiger partial charge >= 0.3 is 5.97 Å². The molecule has 0 aliphatic carbocycles. The molecule has 0 spiro atoms. The summed E-state index contributed by atoms with van der Waals surface area (Å²) in [6.07, 6.45) is -1.12. The van der Waals surface area contributed by atoms with Crippen LogP contribution in [0.2, 0.25) is 5.02 Å². The number of carboxylic acids is 1. The van der Waals surface area contributed by atoms with E-state index in [-0.39, 0.29) is 19.0 Å². The second-order valence-corrected chi connectivity index (χ2v) is 4.37. The van der Waals surface area contributed by atoms with Gasteiger partial charge in [0, 0.05) is 17.6 Å². The predicted molar refractivity (Wildman–Crippen MR) is 66.1 cm³/mol. The maximum absolute atomic E-state index is 10.4. The van der Waals surface area contributed by atoms with E-state index in [0.717, 1.165) is 5.56 Å². The Bertz CT molecular complexity index is 367. The minimum absolute atomic E-state index is 0.0377. The molecule has 0 aliphatic rings. The normalized spacial score (nSPS) is 14.3. The molecule has 2 atom stereocenters. The number of aliphatic hydroxyl groups excluding tert-OH is 1. The van der Waals surface area contributed by atoms with Gasteiger partial charge in [-0.25, -0.2) is 0 Å². The highest BCUT2D eigenvalue weighted by atomic mass is 35.5. The van der Waals surface area contributed by atoms with Gasteiger partial charge in [0.15, 0.2) is 0 Å². The Kier molecular flexibility index (Phi) is 5.41. The lowest BCUT2D eigenvalue weighted by atomic mass is 10.1. The maximum atomic E-state index is 10.4. The number of nitrogens with one attached hydrogen (secondary N) is 1. The van der Waals surface area contributed by atoms with Crippen molar-refractivity contribution in [1.29, 1.82) is 0 Å². The average Bonchev–Trinajstić information content (AvgIpc) is 2.26. The van der Waals surface area contributed by atoms with E-state index < -0.39 is 12.1 Å². The van der Waals surface area contributed by atoms with Crippen molar-refractivity contribution in [1.82, 2.24) is 5.32 Å². The molecule has 5 heteroatoms. The molecule has 0 radical (unpaired) electrons. The first-order valence-electron chi connectivity index (χ1n) is 5.37. The fourth-order valence-electron chi connectivity index (χ4n) is 1.46. The highest BCUT2D eigenvalue weighted by molar-refractivity contribution is 6.30. The van der Waals surface area contributed by atoms with Gasteiger partial charge in [0.25, 0.3) is 0 Å². The minimum atomic E-state index is -1.00. The number of halogens is 1. The summed E-state index contributed by atoms with van der Waals surface area (Å²) in [7, 11) is 0. The molecule has 94 valence electrons. The van der Waals surface area contributed by atoms with Gasteiger partial charge in [-0.1, -0.05) is 23.7 Å². The number of carboxylic acid groups (broad SMARTS) is 1. The van der Waals surface area contributed by atoms with E-state index in [9.17, 15) is 9.90 Å². The van der Waals surface area contributed by atoms with E-state index >= 15 is 0 Å². The lowest BCUT2D eigenvalue weighted by Gasteiger charge is -2.16. The predicted octanol–water partition coefficient (Wildman–Crippen LogP) is 1.83. The molecule has 0 saturated carbocycles. The van der Waals surface area contributed by atoms with Gasteiger partial charge in [-0.05, 0) is 24.6 Å². The van der Waals surface area contributed by atoms with Crippen molar-refractivity contribution < 1.29 is 15.0 Å². The highest BCUT2D eigenvalue weighted by Crippen LogP contribution is 2.15. The average molecular weight is 258 g/mol. The van der Waals surface area contributed by atoms with Gasteiger partial charge in [0.1, 0.15) is 0 Å². The van der Waals surface area contributed by atoms with Gasteiger partial charge < -0.3 is 15.5 Å². The van der Waals surface area contributed by atoms with Crippen LogP contribution >= 0.6 is 11.6 Å². The van der Waals surface area contributed by atoms with Crippen LogP contribution in [0.5, 0.6) is 0 Å². The van der Waals surface area contributed by atoms with Crippen molar-refractivity contribution >= 4 is 17.6 Å². The molecule has 0 saturated heterocycles. The van der Waals surface area contributed by atoms with E-state index in [4.69, 9.17) is 16.7 Å². The first-order valence-corrected chi connectivity index (χ1v) is 5.75. The molecule has 1 aromatic rings. The van der Waals surface area contributed by atoms with Gasteiger partial charge in [0.05, 0.1) is 12.5 Å². The molecule has 4 nitrogen and oxygen atoms in total. The Morgan fingerprint density at radius 1 is 1.41 bits per heavy atom. The zero-order valence-electron chi connectivity index (χ0n) is 9.56. The largest absolute Gasteiger partial charge is 0.481 e. The Hall–Kier alpha value is -1.10. The second-order valence-electron chi connectivity index (χ2n) is 3.93. The summed E-state index contributed by atoms with van der Waals surface area (Å²) in [5.41, 5.74) is 1.04. The zero-order chi connectivity index (χ0) is 12.8. The van der Waals surface area contributed by atoms with Crippen molar-refractivity contribution in [3.8, 4) is 0 Å². The number of hydrogen-bond donors (Lipinski definition) is 3. The fourth-order valence-corrected chi connectivity index (χ4v) is 1.58. The number of rotatable bonds is 6. The van der Waals surface area contributed by atoms with E-state index in [2.05, 4.69) is 5.32 Å². The monoisotopic (exact) mass is 257 g/mol. The lowest BCUT2D eigenvalue weighted by Crippen LogP contribution is -2.30. The van der Waals surface area contributed by atoms with Crippen molar-refractivity contribution in [2.75, 3.05) is 6.54 Å². The van der Waals surface area contributed by atoms with Crippen LogP contribution in [0.4, 0.5) is 0 Å². The first kappa shape index (κ1) is 14.0. The van der Waals surface area contributed by atoms with Crippen LogP contribution in [0.25, 0.3) is 0 Å². The molecule has 0 aliphatic heterocycles. The maximum Gasteiger partial charge on any atom is 0.306 e. The van der Waals surface area contributed by atoms with Gasteiger partial charge in [0.2, 0.25) is 0 Å². The summed E-state index contributed by atoms with van der Waals surface area (Å²) in [6.45, 7) is 2.19. The van der Waals surface area contributed by atoms with Crippen LogP contribution in [0.3, 0.4) is 0 Å².